The van der Waals surface area contributed by atoms with E-state index in [2.05, 4.69) is 45.1 Å². The van der Waals surface area contributed by atoms with E-state index in [1.165, 1.54) is 244 Å². The van der Waals surface area contributed by atoms with E-state index >= 15 is 0 Å². The monoisotopic (exact) mass is 985 g/mol. The van der Waals surface area contributed by atoms with E-state index in [-0.39, 0.29) is 31.1 Å². The first-order chi connectivity index (χ1) is 34.5. The number of esters is 3. The molecule has 412 valence electrons. The third kappa shape index (κ3) is 56.8. The highest BCUT2D eigenvalue weighted by molar-refractivity contribution is 5.71. The van der Waals surface area contributed by atoms with Gasteiger partial charge in [-0.05, 0) is 70.6 Å². The van der Waals surface area contributed by atoms with Crippen molar-refractivity contribution in [2.75, 3.05) is 13.2 Å². The summed E-state index contributed by atoms with van der Waals surface area (Å²) in [5.74, 6) is -0.859. The van der Waals surface area contributed by atoms with Gasteiger partial charge in [0.05, 0.1) is 0 Å². The molecule has 1 atom stereocenters. The van der Waals surface area contributed by atoms with Crippen LogP contribution in [0.5, 0.6) is 0 Å². The molecule has 1 unspecified atom stereocenters. The normalized spacial score (nSPS) is 12.1. The topological polar surface area (TPSA) is 78.9 Å². The van der Waals surface area contributed by atoms with E-state index in [1.807, 2.05) is 0 Å². The van der Waals surface area contributed by atoms with Gasteiger partial charge in [-0.2, -0.15) is 0 Å². The molecule has 0 aromatic carbocycles. The van der Waals surface area contributed by atoms with Gasteiger partial charge in [-0.3, -0.25) is 14.4 Å². The van der Waals surface area contributed by atoms with Crippen molar-refractivity contribution < 1.29 is 28.6 Å². The second-order valence-corrected chi connectivity index (χ2v) is 21.3. The Morgan fingerprint density at radius 2 is 0.471 bits per heavy atom. The summed E-state index contributed by atoms with van der Waals surface area (Å²) < 4.78 is 16.9. The zero-order valence-electron chi connectivity index (χ0n) is 47.3. The lowest BCUT2D eigenvalue weighted by molar-refractivity contribution is -0.167. The second-order valence-electron chi connectivity index (χ2n) is 21.3. The van der Waals surface area contributed by atoms with E-state index in [1.54, 1.807) is 0 Å². The molecule has 0 saturated heterocycles. The minimum Gasteiger partial charge on any atom is -0.462 e. The van der Waals surface area contributed by atoms with Crippen LogP contribution in [0.1, 0.15) is 348 Å². The molecule has 0 aliphatic heterocycles. The molecule has 0 fully saturated rings. The number of hydrogen-bond acceptors (Lipinski definition) is 6. The van der Waals surface area contributed by atoms with Gasteiger partial charge in [0.15, 0.2) is 6.10 Å². The molecule has 6 nitrogen and oxygen atoms in total. The Kier molecular flexibility index (Phi) is 57.7. The molecule has 0 saturated carbocycles. The Morgan fingerprint density at radius 3 is 0.714 bits per heavy atom. The molecule has 0 aliphatic carbocycles. The van der Waals surface area contributed by atoms with Crippen molar-refractivity contribution >= 4 is 17.9 Å². The fraction of sp³-hybridized carbons (Fsp3) is 0.891. The molecule has 70 heavy (non-hydrogen) atoms. The molecule has 0 spiro atoms. The summed E-state index contributed by atoms with van der Waals surface area (Å²) >= 11 is 0. The summed E-state index contributed by atoms with van der Waals surface area (Å²) in [7, 11) is 0. The number of carbonyl (C=O) groups excluding carboxylic acids is 3. The number of allylic oxidation sites excluding steroid dienone is 4. The number of unbranched alkanes of at least 4 members (excludes halogenated alkanes) is 43. The molecule has 6 heteroatoms. The summed E-state index contributed by atoms with van der Waals surface area (Å²) in [5, 5.41) is 0. The molecular weight excluding hydrogens is 865 g/mol. The van der Waals surface area contributed by atoms with E-state index < -0.39 is 6.10 Å². The molecule has 0 heterocycles. The van der Waals surface area contributed by atoms with Crippen LogP contribution >= 0.6 is 0 Å². The van der Waals surface area contributed by atoms with Crippen LogP contribution in [0, 0.1) is 0 Å². The number of carbonyl (C=O) groups is 3. The molecule has 0 aromatic heterocycles. The molecule has 0 radical (unpaired) electrons. The van der Waals surface area contributed by atoms with Crippen LogP contribution in [-0.4, -0.2) is 37.2 Å². The van der Waals surface area contributed by atoms with Crippen LogP contribution < -0.4 is 0 Å². The fourth-order valence-electron chi connectivity index (χ4n) is 9.44. The smallest absolute Gasteiger partial charge is 0.306 e. The maximum atomic E-state index is 12.9. The Morgan fingerprint density at radius 1 is 0.271 bits per heavy atom. The molecule has 0 rings (SSSR count). The predicted octanol–water partition coefficient (Wildman–Crippen LogP) is 21.1. The standard InChI is InChI=1S/C64H120O6/c1-4-7-10-13-16-19-22-25-28-30-32-34-36-39-42-45-48-51-54-57-63(66)69-60-61(59-68-62(65)56-53-50-47-44-41-38-35-27-24-21-18-15-12-9-6-3)70-64(67)58-55-52-49-46-43-40-37-33-31-29-26-23-20-17-14-11-8-5-2/h27,29,31,35,61H,4-26,28,30,32-34,36-60H2,1-3H3/b31-29-,35-27-. The third-order valence-electron chi connectivity index (χ3n) is 14.2. The highest BCUT2D eigenvalue weighted by Gasteiger charge is 2.19. The van der Waals surface area contributed by atoms with E-state index in [9.17, 15) is 14.4 Å². The summed E-state index contributed by atoms with van der Waals surface area (Å²) in [6.45, 7) is 6.69. The van der Waals surface area contributed by atoms with Gasteiger partial charge in [0.2, 0.25) is 0 Å². The van der Waals surface area contributed by atoms with Crippen LogP contribution in [-0.2, 0) is 28.6 Å². The van der Waals surface area contributed by atoms with Crippen molar-refractivity contribution in [2.24, 2.45) is 0 Å². The molecule has 0 N–H and O–H groups in total. The maximum Gasteiger partial charge on any atom is 0.306 e. The number of ether oxygens (including phenoxy) is 3. The minimum absolute atomic E-state index is 0.0707. The predicted molar refractivity (Wildman–Crippen MR) is 303 cm³/mol. The molecular formula is C64H120O6. The van der Waals surface area contributed by atoms with Crippen LogP contribution in [0.25, 0.3) is 0 Å². The van der Waals surface area contributed by atoms with Crippen molar-refractivity contribution in [2.45, 2.75) is 354 Å². The summed E-state index contributed by atoms with van der Waals surface area (Å²) in [6, 6.07) is 0. The zero-order valence-corrected chi connectivity index (χ0v) is 47.3. The van der Waals surface area contributed by atoms with E-state index in [4.69, 9.17) is 14.2 Å². The van der Waals surface area contributed by atoms with Crippen molar-refractivity contribution in [3.05, 3.63) is 24.3 Å². The van der Waals surface area contributed by atoms with Gasteiger partial charge in [0.25, 0.3) is 0 Å². The highest BCUT2D eigenvalue weighted by Crippen LogP contribution is 2.17. The maximum absolute atomic E-state index is 12.9. The second kappa shape index (κ2) is 59.5. The van der Waals surface area contributed by atoms with Crippen molar-refractivity contribution in [3.63, 3.8) is 0 Å². The quantitative estimate of drug-likeness (QED) is 0.0261. The molecule has 0 aromatic rings. The summed E-state index contributed by atoms with van der Waals surface area (Å²) in [6.07, 6.45) is 70.3. The van der Waals surface area contributed by atoms with Gasteiger partial charge < -0.3 is 14.2 Å². The largest absolute Gasteiger partial charge is 0.462 e. The first-order valence-corrected chi connectivity index (χ1v) is 31.3. The van der Waals surface area contributed by atoms with Gasteiger partial charge in [-0.1, -0.05) is 283 Å². The van der Waals surface area contributed by atoms with E-state index in [0.717, 1.165) is 64.2 Å². The molecule has 0 bridgehead atoms. The van der Waals surface area contributed by atoms with Crippen LogP contribution in [0.3, 0.4) is 0 Å². The van der Waals surface area contributed by atoms with Gasteiger partial charge in [-0.25, -0.2) is 0 Å². The Labute approximate surface area is 436 Å². The SMILES string of the molecule is CCCCCCCC/C=C\CCCCCCCC(=O)OCC(COC(=O)CCCCCCCCCCCCCCCCCCCCC)OC(=O)CCCCCCCCC/C=C\CCCCCCCCC. The summed E-state index contributed by atoms with van der Waals surface area (Å²) in [5.41, 5.74) is 0. The lowest BCUT2D eigenvalue weighted by atomic mass is 10.0. The van der Waals surface area contributed by atoms with Crippen molar-refractivity contribution in [1.29, 1.82) is 0 Å². The number of rotatable bonds is 58. The molecule has 0 aliphatic rings. The minimum atomic E-state index is -0.774. The van der Waals surface area contributed by atoms with Gasteiger partial charge in [0.1, 0.15) is 13.2 Å². The van der Waals surface area contributed by atoms with Gasteiger partial charge in [-0.15, -0.1) is 0 Å². The van der Waals surface area contributed by atoms with Gasteiger partial charge in [0, 0.05) is 19.3 Å². The van der Waals surface area contributed by atoms with Crippen molar-refractivity contribution in [3.8, 4) is 0 Å². The number of hydrogen-bond donors (Lipinski definition) is 0. The average molecular weight is 986 g/mol. The fourth-order valence-corrected chi connectivity index (χ4v) is 9.44. The third-order valence-corrected chi connectivity index (χ3v) is 14.2. The van der Waals surface area contributed by atoms with Crippen LogP contribution in [0.2, 0.25) is 0 Å². The lowest BCUT2D eigenvalue weighted by Gasteiger charge is -2.18. The van der Waals surface area contributed by atoms with Crippen LogP contribution in [0.15, 0.2) is 24.3 Å². The summed E-state index contributed by atoms with van der Waals surface area (Å²) in [4.78, 5) is 38.3. The first-order valence-electron chi connectivity index (χ1n) is 31.3. The zero-order chi connectivity index (χ0) is 50.7. The van der Waals surface area contributed by atoms with Crippen molar-refractivity contribution in [1.82, 2.24) is 0 Å². The lowest BCUT2D eigenvalue weighted by Crippen LogP contribution is -2.30. The molecule has 0 amide bonds. The van der Waals surface area contributed by atoms with E-state index in [0.29, 0.717) is 19.3 Å². The first kappa shape index (κ1) is 67.9. The Hall–Kier alpha value is -2.11. The average Bonchev–Trinajstić information content (AvgIpc) is 3.36. The van der Waals surface area contributed by atoms with Gasteiger partial charge >= 0.3 is 17.9 Å². The highest BCUT2D eigenvalue weighted by atomic mass is 16.6. The Bertz CT molecular complexity index is 1130. The Balaban J connectivity index is 4.32. The van der Waals surface area contributed by atoms with Crippen LogP contribution in [0.4, 0.5) is 0 Å².